The standard InChI is InChI=1S/C15H22FNO3S/c1-9-6-11(16)7-10(2)14(9)21(18,19)17-12-8-13(20-5)15(12,3)4/h6-7,12-13,17H,8H2,1-5H3. The van der Waals surface area contributed by atoms with Crippen LogP contribution < -0.4 is 4.72 Å². The lowest BCUT2D eigenvalue weighted by molar-refractivity contribution is -0.0908. The Labute approximate surface area is 125 Å². The normalized spacial score (nSPS) is 24.7. The van der Waals surface area contributed by atoms with Gasteiger partial charge >= 0.3 is 0 Å². The summed E-state index contributed by atoms with van der Waals surface area (Å²) in [6.07, 6.45) is 0.683. The predicted molar refractivity (Wildman–Crippen MR) is 79.2 cm³/mol. The summed E-state index contributed by atoms with van der Waals surface area (Å²) in [6, 6.07) is 2.30. The molecule has 1 aliphatic carbocycles. The van der Waals surface area contributed by atoms with E-state index < -0.39 is 15.8 Å². The van der Waals surface area contributed by atoms with Crippen molar-refractivity contribution in [3.05, 3.63) is 29.1 Å². The molecule has 1 aromatic carbocycles. The predicted octanol–water partition coefficient (Wildman–Crippen LogP) is 2.53. The van der Waals surface area contributed by atoms with Crippen LogP contribution in [-0.2, 0) is 14.8 Å². The molecular weight excluding hydrogens is 293 g/mol. The van der Waals surface area contributed by atoms with Crippen LogP contribution in [0.25, 0.3) is 0 Å². The lowest BCUT2D eigenvalue weighted by atomic mass is 9.65. The minimum Gasteiger partial charge on any atom is -0.381 e. The summed E-state index contributed by atoms with van der Waals surface area (Å²) >= 11 is 0. The van der Waals surface area contributed by atoms with Gasteiger partial charge in [0.15, 0.2) is 0 Å². The maximum atomic E-state index is 13.3. The van der Waals surface area contributed by atoms with E-state index in [-0.39, 0.29) is 22.5 Å². The first-order chi connectivity index (χ1) is 9.59. The second-order valence-electron chi connectivity index (χ2n) is 6.32. The number of nitrogens with one attached hydrogen (secondary N) is 1. The Hall–Kier alpha value is -0.980. The molecule has 0 saturated heterocycles. The molecule has 0 radical (unpaired) electrons. The van der Waals surface area contributed by atoms with Crippen molar-refractivity contribution in [2.24, 2.45) is 5.41 Å². The third kappa shape index (κ3) is 2.84. The van der Waals surface area contributed by atoms with E-state index in [1.165, 1.54) is 12.1 Å². The molecule has 1 N–H and O–H groups in total. The van der Waals surface area contributed by atoms with E-state index in [1.54, 1.807) is 21.0 Å². The second kappa shape index (κ2) is 5.34. The minimum atomic E-state index is -3.67. The first kappa shape index (κ1) is 16.4. The Bertz CT molecular complexity index is 632. The molecule has 21 heavy (non-hydrogen) atoms. The van der Waals surface area contributed by atoms with Crippen LogP contribution in [-0.4, -0.2) is 27.7 Å². The third-order valence-corrected chi connectivity index (χ3v) is 6.23. The quantitative estimate of drug-likeness (QED) is 0.929. The fourth-order valence-corrected chi connectivity index (χ4v) is 4.91. The summed E-state index contributed by atoms with van der Waals surface area (Å²) in [6.45, 7) is 7.16. The van der Waals surface area contributed by atoms with Crippen LogP contribution in [0, 0.1) is 25.1 Å². The molecule has 2 atom stereocenters. The Morgan fingerprint density at radius 3 is 2.24 bits per heavy atom. The largest absolute Gasteiger partial charge is 0.381 e. The second-order valence-corrected chi connectivity index (χ2v) is 7.97. The fraction of sp³-hybridized carbons (Fsp3) is 0.600. The molecular formula is C15H22FNO3S. The number of hydrogen-bond donors (Lipinski definition) is 1. The molecule has 0 aromatic heterocycles. The zero-order chi connectivity index (χ0) is 16.0. The first-order valence-electron chi connectivity index (χ1n) is 6.91. The van der Waals surface area contributed by atoms with E-state index in [9.17, 15) is 12.8 Å². The number of benzene rings is 1. The van der Waals surface area contributed by atoms with Crippen LogP contribution in [0.2, 0.25) is 0 Å². The van der Waals surface area contributed by atoms with Gasteiger partial charge in [-0.25, -0.2) is 17.5 Å². The average molecular weight is 315 g/mol. The van der Waals surface area contributed by atoms with E-state index >= 15 is 0 Å². The van der Waals surface area contributed by atoms with Gasteiger partial charge in [0.1, 0.15) is 5.82 Å². The summed E-state index contributed by atoms with van der Waals surface area (Å²) in [5, 5.41) is 0. The van der Waals surface area contributed by atoms with Gasteiger partial charge in [0.25, 0.3) is 0 Å². The highest BCUT2D eigenvalue weighted by atomic mass is 32.2. The molecule has 1 saturated carbocycles. The minimum absolute atomic E-state index is 0.0422. The molecule has 118 valence electrons. The van der Waals surface area contributed by atoms with Gasteiger partial charge in [0, 0.05) is 18.6 Å². The van der Waals surface area contributed by atoms with E-state index in [1.807, 2.05) is 13.8 Å². The van der Waals surface area contributed by atoms with E-state index in [0.29, 0.717) is 17.5 Å². The first-order valence-corrected chi connectivity index (χ1v) is 8.39. The molecule has 0 amide bonds. The SMILES string of the molecule is COC1CC(NS(=O)(=O)c2c(C)cc(F)cc2C)C1(C)C. The van der Waals surface area contributed by atoms with Crippen LogP contribution in [0.4, 0.5) is 4.39 Å². The molecule has 6 heteroatoms. The highest BCUT2D eigenvalue weighted by molar-refractivity contribution is 7.89. The summed E-state index contributed by atoms with van der Waals surface area (Å²) < 4.78 is 46.6. The topological polar surface area (TPSA) is 55.4 Å². The van der Waals surface area contributed by atoms with E-state index in [2.05, 4.69) is 4.72 Å². The fourth-order valence-electron chi connectivity index (χ4n) is 3.05. The van der Waals surface area contributed by atoms with Gasteiger partial charge < -0.3 is 4.74 Å². The van der Waals surface area contributed by atoms with Gasteiger partial charge in [-0.15, -0.1) is 0 Å². The van der Waals surface area contributed by atoms with E-state index in [4.69, 9.17) is 4.74 Å². The van der Waals surface area contributed by atoms with Gasteiger partial charge in [0.2, 0.25) is 10.0 Å². The molecule has 1 aromatic rings. The number of hydrogen-bond acceptors (Lipinski definition) is 3. The molecule has 2 unspecified atom stereocenters. The Morgan fingerprint density at radius 2 is 1.81 bits per heavy atom. The lowest BCUT2D eigenvalue weighted by Gasteiger charge is -2.51. The van der Waals surface area contributed by atoms with Crippen molar-refractivity contribution in [3.63, 3.8) is 0 Å². The van der Waals surface area contributed by atoms with Crippen LogP contribution in [0.1, 0.15) is 31.4 Å². The Balaban J connectivity index is 2.29. The van der Waals surface area contributed by atoms with Crippen molar-refractivity contribution in [1.29, 1.82) is 0 Å². The molecule has 2 rings (SSSR count). The highest BCUT2D eigenvalue weighted by Gasteiger charge is 2.50. The van der Waals surface area contributed by atoms with Crippen molar-refractivity contribution < 1.29 is 17.5 Å². The number of aryl methyl sites for hydroxylation is 2. The van der Waals surface area contributed by atoms with Crippen molar-refractivity contribution in [1.82, 2.24) is 4.72 Å². The van der Waals surface area contributed by atoms with Gasteiger partial charge in [0.05, 0.1) is 11.0 Å². The molecule has 0 spiro atoms. The zero-order valence-electron chi connectivity index (χ0n) is 13.0. The van der Waals surface area contributed by atoms with E-state index in [0.717, 1.165) is 0 Å². The van der Waals surface area contributed by atoms with Crippen LogP contribution in [0.15, 0.2) is 17.0 Å². The molecule has 1 aliphatic rings. The summed E-state index contributed by atoms with van der Waals surface area (Å²) in [5.74, 6) is -0.424. The van der Waals surface area contributed by atoms with Crippen molar-refractivity contribution >= 4 is 10.0 Å². The van der Waals surface area contributed by atoms with Crippen molar-refractivity contribution in [3.8, 4) is 0 Å². The summed E-state index contributed by atoms with van der Waals surface area (Å²) in [7, 11) is -2.04. The van der Waals surface area contributed by atoms with Gasteiger partial charge in [-0.1, -0.05) is 13.8 Å². The van der Waals surface area contributed by atoms with Crippen molar-refractivity contribution in [2.75, 3.05) is 7.11 Å². The maximum absolute atomic E-state index is 13.3. The molecule has 0 bridgehead atoms. The number of sulfonamides is 1. The number of rotatable bonds is 4. The van der Waals surface area contributed by atoms with Gasteiger partial charge in [-0.3, -0.25) is 0 Å². The smallest absolute Gasteiger partial charge is 0.241 e. The van der Waals surface area contributed by atoms with Crippen LogP contribution >= 0.6 is 0 Å². The Morgan fingerprint density at radius 1 is 1.29 bits per heavy atom. The number of halogens is 1. The molecule has 4 nitrogen and oxygen atoms in total. The van der Waals surface area contributed by atoms with Crippen LogP contribution in [0.3, 0.4) is 0 Å². The lowest BCUT2D eigenvalue weighted by Crippen LogP contribution is -2.61. The molecule has 0 aliphatic heterocycles. The summed E-state index contributed by atoms with van der Waals surface area (Å²) in [5.41, 5.74) is 0.574. The molecule has 0 heterocycles. The zero-order valence-corrected chi connectivity index (χ0v) is 13.8. The summed E-state index contributed by atoms with van der Waals surface area (Å²) in [4.78, 5) is 0.167. The molecule has 1 fully saturated rings. The van der Waals surface area contributed by atoms with Gasteiger partial charge in [-0.05, 0) is 43.5 Å². The van der Waals surface area contributed by atoms with Crippen LogP contribution in [0.5, 0.6) is 0 Å². The van der Waals surface area contributed by atoms with Gasteiger partial charge in [-0.2, -0.15) is 0 Å². The maximum Gasteiger partial charge on any atom is 0.241 e. The Kier molecular flexibility index (Phi) is 4.17. The number of ether oxygens (including phenoxy) is 1. The monoisotopic (exact) mass is 315 g/mol. The third-order valence-electron chi connectivity index (χ3n) is 4.45. The average Bonchev–Trinajstić information content (AvgIpc) is 2.32. The van der Waals surface area contributed by atoms with Crippen molar-refractivity contribution in [2.45, 2.75) is 51.2 Å². The number of methoxy groups -OCH3 is 1. The highest BCUT2D eigenvalue weighted by Crippen LogP contribution is 2.43.